The molecule has 0 bridgehead atoms. The molecule has 1 aliphatic heterocycles. The lowest BCUT2D eigenvalue weighted by molar-refractivity contribution is -0.158. The fraction of sp³-hybridized carbons (Fsp3) is 0.562. The zero-order valence-electron chi connectivity index (χ0n) is 14.1. The zero-order valence-corrected chi connectivity index (χ0v) is 16.5. The number of hydrogen-bond acceptors (Lipinski definition) is 6. The third kappa shape index (κ3) is 5.02. The average Bonchev–Trinajstić information content (AvgIpc) is 3.06. The Balaban J connectivity index is 1.91. The lowest BCUT2D eigenvalue weighted by Gasteiger charge is -2.34. The SMILES string of the molecule is COC(=O)C1(CNC(=O)[C@@H](C)NC(=O)c2ccc(Br)s2)CCOCC1. The third-order valence-electron chi connectivity index (χ3n) is 4.21. The van der Waals surface area contributed by atoms with Crippen molar-refractivity contribution in [2.75, 3.05) is 26.9 Å². The van der Waals surface area contributed by atoms with Crippen LogP contribution in [0.25, 0.3) is 0 Å². The molecular formula is C16H21BrN2O5S. The van der Waals surface area contributed by atoms with Crippen molar-refractivity contribution in [3.05, 3.63) is 20.8 Å². The van der Waals surface area contributed by atoms with E-state index in [0.29, 0.717) is 30.9 Å². The second-order valence-corrected chi connectivity index (χ2v) is 8.36. The van der Waals surface area contributed by atoms with Gasteiger partial charge in [-0.25, -0.2) is 0 Å². The van der Waals surface area contributed by atoms with Crippen LogP contribution in [-0.4, -0.2) is 50.7 Å². The van der Waals surface area contributed by atoms with Crippen LogP contribution in [0.5, 0.6) is 0 Å². The number of carbonyl (C=O) groups excluding carboxylic acids is 3. The molecular weight excluding hydrogens is 412 g/mol. The molecule has 2 heterocycles. The Morgan fingerprint density at radius 1 is 1.36 bits per heavy atom. The van der Waals surface area contributed by atoms with E-state index in [9.17, 15) is 14.4 Å². The van der Waals surface area contributed by atoms with E-state index in [1.807, 2.05) is 0 Å². The minimum absolute atomic E-state index is 0.159. The molecule has 25 heavy (non-hydrogen) atoms. The first-order chi connectivity index (χ1) is 11.9. The van der Waals surface area contributed by atoms with E-state index in [0.717, 1.165) is 3.79 Å². The minimum atomic E-state index is -0.773. The predicted molar refractivity (Wildman–Crippen MR) is 96.5 cm³/mol. The van der Waals surface area contributed by atoms with E-state index < -0.39 is 11.5 Å². The van der Waals surface area contributed by atoms with E-state index in [1.165, 1.54) is 18.4 Å². The van der Waals surface area contributed by atoms with Crippen molar-refractivity contribution in [1.29, 1.82) is 0 Å². The molecule has 0 aliphatic carbocycles. The maximum Gasteiger partial charge on any atom is 0.313 e. The Morgan fingerprint density at radius 2 is 2.04 bits per heavy atom. The highest BCUT2D eigenvalue weighted by Gasteiger charge is 2.41. The molecule has 0 spiro atoms. The summed E-state index contributed by atoms with van der Waals surface area (Å²) in [6.07, 6.45) is 0.980. The van der Waals surface area contributed by atoms with Crippen LogP contribution in [0.15, 0.2) is 15.9 Å². The zero-order chi connectivity index (χ0) is 18.4. The van der Waals surface area contributed by atoms with Gasteiger partial charge >= 0.3 is 5.97 Å². The molecule has 2 N–H and O–H groups in total. The monoisotopic (exact) mass is 432 g/mol. The number of nitrogens with one attached hydrogen (secondary N) is 2. The maximum absolute atomic E-state index is 12.3. The second-order valence-electron chi connectivity index (χ2n) is 5.90. The van der Waals surface area contributed by atoms with E-state index in [-0.39, 0.29) is 24.3 Å². The van der Waals surface area contributed by atoms with Crippen LogP contribution >= 0.6 is 27.3 Å². The molecule has 0 aromatic carbocycles. The molecule has 1 aromatic heterocycles. The standard InChI is InChI=1S/C16H21BrN2O5S/c1-10(19-14(21)11-3-4-12(17)25-11)13(20)18-9-16(15(22)23-2)5-7-24-8-6-16/h3-4,10H,5-9H2,1-2H3,(H,18,20)(H,19,21)/t10-/m1/s1. The molecule has 2 rings (SSSR count). The summed E-state index contributed by atoms with van der Waals surface area (Å²) in [7, 11) is 1.34. The predicted octanol–water partition coefficient (Wildman–Crippen LogP) is 1.71. The number of rotatable bonds is 6. The van der Waals surface area contributed by atoms with E-state index in [1.54, 1.807) is 19.1 Å². The first-order valence-electron chi connectivity index (χ1n) is 7.88. The molecule has 1 atom stereocenters. The molecule has 1 saturated heterocycles. The fourth-order valence-electron chi connectivity index (χ4n) is 2.61. The van der Waals surface area contributed by atoms with Crippen LogP contribution in [0.2, 0.25) is 0 Å². The van der Waals surface area contributed by atoms with Crippen molar-refractivity contribution >= 4 is 45.1 Å². The van der Waals surface area contributed by atoms with Crippen LogP contribution in [-0.2, 0) is 19.1 Å². The molecule has 1 aliphatic rings. The van der Waals surface area contributed by atoms with Gasteiger partial charge in [-0.15, -0.1) is 11.3 Å². The van der Waals surface area contributed by atoms with Crippen molar-refractivity contribution in [2.45, 2.75) is 25.8 Å². The molecule has 0 unspecified atom stereocenters. The molecule has 2 amide bonds. The van der Waals surface area contributed by atoms with Gasteiger partial charge in [0.25, 0.3) is 5.91 Å². The number of halogens is 1. The number of amides is 2. The van der Waals surface area contributed by atoms with E-state index in [4.69, 9.17) is 9.47 Å². The Kier molecular flexibility index (Phi) is 6.97. The molecule has 0 radical (unpaired) electrons. The molecule has 1 fully saturated rings. The van der Waals surface area contributed by atoms with Gasteiger partial charge in [-0.05, 0) is 47.8 Å². The third-order valence-corrected chi connectivity index (χ3v) is 5.83. The van der Waals surface area contributed by atoms with Crippen molar-refractivity contribution in [3.8, 4) is 0 Å². The van der Waals surface area contributed by atoms with Crippen molar-refractivity contribution < 1.29 is 23.9 Å². The highest BCUT2D eigenvalue weighted by atomic mass is 79.9. The highest BCUT2D eigenvalue weighted by molar-refractivity contribution is 9.11. The Bertz CT molecular complexity index is 642. The van der Waals surface area contributed by atoms with Gasteiger partial charge in [-0.3, -0.25) is 14.4 Å². The molecule has 9 heteroatoms. The fourth-order valence-corrected chi connectivity index (χ4v) is 3.90. The van der Waals surface area contributed by atoms with Crippen molar-refractivity contribution in [3.63, 3.8) is 0 Å². The van der Waals surface area contributed by atoms with Crippen LogP contribution < -0.4 is 10.6 Å². The number of carbonyl (C=O) groups is 3. The first kappa shape index (κ1) is 19.9. The van der Waals surface area contributed by atoms with Crippen LogP contribution in [0.3, 0.4) is 0 Å². The summed E-state index contributed by atoms with van der Waals surface area (Å²) in [4.78, 5) is 37.1. The average molecular weight is 433 g/mol. The minimum Gasteiger partial charge on any atom is -0.469 e. The number of thiophene rings is 1. The van der Waals surface area contributed by atoms with Gasteiger partial charge in [0.15, 0.2) is 0 Å². The number of hydrogen-bond donors (Lipinski definition) is 2. The van der Waals surface area contributed by atoms with Gasteiger partial charge in [-0.1, -0.05) is 0 Å². The van der Waals surface area contributed by atoms with Crippen LogP contribution in [0.1, 0.15) is 29.4 Å². The Hall–Kier alpha value is -1.45. The Labute approximate surface area is 158 Å². The largest absolute Gasteiger partial charge is 0.469 e. The van der Waals surface area contributed by atoms with Crippen LogP contribution in [0.4, 0.5) is 0 Å². The van der Waals surface area contributed by atoms with Crippen molar-refractivity contribution in [2.24, 2.45) is 5.41 Å². The molecule has 7 nitrogen and oxygen atoms in total. The van der Waals surface area contributed by atoms with E-state index >= 15 is 0 Å². The van der Waals surface area contributed by atoms with Gasteiger partial charge in [-0.2, -0.15) is 0 Å². The van der Waals surface area contributed by atoms with Crippen molar-refractivity contribution in [1.82, 2.24) is 10.6 Å². The van der Waals surface area contributed by atoms with Gasteiger partial charge in [0.2, 0.25) is 5.91 Å². The molecule has 1 aromatic rings. The molecule has 138 valence electrons. The second kappa shape index (κ2) is 8.77. The lowest BCUT2D eigenvalue weighted by Crippen LogP contribution is -2.51. The quantitative estimate of drug-likeness (QED) is 0.667. The summed E-state index contributed by atoms with van der Waals surface area (Å²) in [6, 6.07) is 2.74. The van der Waals surface area contributed by atoms with Gasteiger partial charge < -0.3 is 20.1 Å². The normalized spacial score (nSPS) is 17.4. The summed E-state index contributed by atoms with van der Waals surface area (Å²) >= 11 is 4.59. The van der Waals surface area contributed by atoms with Gasteiger partial charge in [0, 0.05) is 19.8 Å². The summed E-state index contributed by atoms with van der Waals surface area (Å²) in [5.74, 6) is -1.01. The van der Waals surface area contributed by atoms with E-state index in [2.05, 4.69) is 26.6 Å². The maximum atomic E-state index is 12.3. The Morgan fingerprint density at radius 3 is 2.60 bits per heavy atom. The smallest absolute Gasteiger partial charge is 0.313 e. The lowest BCUT2D eigenvalue weighted by atomic mass is 9.80. The van der Waals surface area contributed by atoms with Gasteiger partial charge in [0.1, 0.15) is 6.04 Å². The number of methoxy groups -OCH3 is 1. The number of ether oxygens (including phenoxy) is 2. The summed E-state index contributed by atoms with van der Waals surface area (Å²) in [5.41, 5.74) is -0.773. The first-order valence-corrected chi connectivity index (χ1v) is 9.49. The number of esters is 1. The van der Waals surface area contributed by atoms with Crippen LogP contribution in [0, 0.1) is 5.41 Å². The molecule has 0 saturated carbocycles. The highest BCUT2D eigenvalue weighted by Crippen LogP contribution is 2.31. The topological polar surface area (TPSA) is 93.7 Å². The summed E-state index contributed by atoms with van der Waals surface area (Å²) < 4.78 is 11.0. The summed E-state index contributed by atoms with van der Waals surface area (Å²) in [5, 5.41) is 5.40. The van der Waals surface area contributed by atoms with Gasteiger partial charge in [0.05, 0.1) is 21.2 Å². The summed E-state index contributed by atoms with van der Waals surface area (Å²) in [6.45, 7) is 2.66.